The van der Waals surface area contributed by atoms with Crippen molar-refractivity contribution in [3.05, 3.63) is 29.7 Å². The highest BCUT2D eigenvalue weighted by molar-refractivity contribution is 8.01. The first-order valence-electron chi connectivity index (χ1n) is 9.38. The minimum absolute atomic E-state index is 0.0641. The third-order valence-corrected chi connectivity index (χ3v) is 7.54. The normalized spacial score (nSPS) is 19.8. The Balaban J connectivity index is 1.45. The molecule has 0 atom stereocenters. The van der Waals surface area contributed by atoms with Gasteiger partial charge in [-0.2, -0.15) is 0 Å². The largest absolute Gasteiger partial charge is 0.381 e. The minimum Gasteiger partial charge on any atom is -0.381 e. The summed E-state index contributed by atoms with van der Waals surface area (Å²) >= 11 is 3.18. The molecular formula is C20H23N3O3S2. The molecule has 2 heterocycles. The summed E-state index contributed by atoms with van der Waals surface area (Å²) in [5, 5.41) is 7.07. The van der Waals surface area contributed by atoms with Crippen LogP contribution in [0.15, 0.2) is 32.0 Å². The molecule has 0 aliphatic heterocycles. The number of methoxy groups -OCH3 is 1. The molecule has 0 unspecified atom stereocenters. The van der Waals surface area contributed by atoms with Gasteiger partial charge in [0.05, 0.1) is 26.9 Å². The van der Waals surface area contributed by atoms with Gasteiger partial charge in [0, 0.05) is 18.7 Å². The summed E-state index contributed by atoms with van der Waals surface area (Å²) in [5.74, 6) is 0.968. The average Bonchev–Trinajstić information content (AvgIpc) is 3.25. The molecule has 0 bridgehead atoms. The van der Waals surface area contributed by atoms with Crippen molar-refractivity contribution in [3.63, 3.8) is 0 Å². The molecule has 0 spiro atoms. The molecule has 4 rings (SSSR count). The zero-order valence-electron chi connectivity index (χ0n) is 16.2. The van der Waals surface area contributed by atoms with Gasteiger partial charge in [-0.3, -0.25) is 4.79 Å². The zero-order valence-corrected chi connectivity index (χ0v) is 17.8. The maximum absolute atomic E-state index is 12.6. The smallest absolute Gasteiger partial charge is 0.227 e. The monoisotopic (exact) mass is 417 g/mol. The Bertz CT molecular complexity index is 970. The molecule has 148 valence electrons. The number of hydrogen-bond acceptors (Lipinski definition) is 7. The molecular weight excluding hydrogens is 394 g/mol. The minimum atomic E-state index is 0.0641. The number of ether oxygens (including phenoxy) is 1. The molecule has 3 aromatic rings. The Morgan fingerprint density at radius 2 is 2.07 bits per heavy atom. The van der Waals surface area contributed by atoms with E-state index >= 15 is 0 Å². The van der Waals surface area contributed by atoms with Gasteiger partial charge in [0.1, 0.15) is 5.76 Å². The van der Waals surface area contributed by atoms with Crippen LogP contribution in [0.1, 0.15) is 37.1 Å². The van der Waals surface area contributed by atoms with Crippen molar-refractivity contribution < 1.29 is 14.1 Å². The van der Waals surface area contributed by atoms with E-state index in [9.17, 15) is 4.79 Å². The molecule has 1 fully saturated rings. The van der Waals surface area contributed by atoms with E-state index in [-0.39, 0.29) is 11.8 Å². The number of benzene rings is 1. The number of thiazole rings is 1. The summed E-state index contributed by atoms with van der Waals surface area (Å²) in [6, 6.07) is 5.88. The third kappa shape index (κ3) is 4.09. The summed E-state index contributed by atoms with van der Waals surface area (Å²) in [5.41, 5.74) is 2.62. The number of carbonyl (C=O) groups is 1. The highest BCUT2D eigenvalue weighted by Gasteiger charge is 2.26. The molecule has 8 heteroatoms. The van der Waals surface area contributed by atoms with E-state index in [4.69, 9.17) is 9.26 Å². The van der Waals surface area contributed by atoms with Crippen molar-refractivity contribution in [1.29, 1.82) is 0 Å². The standard InChI is InChI=1S/C20H23N3O3S2/c1-11-18(12(2)26-23-11)28-20-22-16-9-6-14(10-17(16)27-20)21-19(24)13-4-7-15(25-3)8-5-13/h6,9-10,13,15H,4-5,7-8H2,1-3H3,(H,21,24). The summed E-state index contributed by atoms with van der Waals surface area (Å²) < 4.78 is 12.6. The van der Waals surface area contributed by atoms with Crippen molar-refractivity contribution in [3.8, 4) is 0 Å². The quantitative estimate of drug-likeness (QED) is 0.615. The fourth-order valence-corrected chi connectivity index (χ4v) is 5.64. The van der Waals surface area contributed by atoms with Gasteiger partial charge in [0.25, 0.3) is 0 Å². The molecule has 0 radical (unpaired) electrons. The highest BCUT2D eigenvalue weighted by atomic mass is 32.2. The number of rotatable bonds is 5. The third-order valence-electron chi connectivity index (χ3n) is 5.17. The van der Waals surface area contributed by atoms with Crippen LogP contribution in [-0.4, -0.2) is 29.3 Å². The lowest BCUT2D eigenvalue weighted by atomic mass is 9.87. The van der Waals surface area contributed by atoms with Crippen LogP contribution in [0.2, 0.25) is 0 Å². The maximum Gasteiger partial charge on any atom is 0.227 e. The van der Waals surface area contributed by atoms with Gasteiger partial charge in [0.15, 0.2) is 4.34 Å². The first-order valence-corrected chi connectivity index (χ1v) is 11.0. The van der Waals surface area contributed by atoms with E-state index in [0.29, 0.717) is 6.10 Å². The Labute approximate surface area is 172 Å². The molecule has 2 aromatic heterocycles. The molecule has 1 amide bonds. The number of carbonyl (C=O) groups excluding carboxylic acids is 1. The van der Waals surface area contributed by atoms with E-state index in [0.717, 1.165) is 62.3 Å². The van der Waals surface area contributed by atoms with Crippen LogP contribution in [0, 0.1) is 19.8 Å². The number of fused-ring (bicyclic) bond motifs is 1. The number of aryl methyl sites for hydroxylation is 2. The van der Waals surface area contributed by atoms with Crippen LogP contribution in [0.4, 0.5) is 5.69 Å². The van der Waals surface area contributed by atoms with E-state index in [2.05, 4.69) is 15.5 Å². The summed E-state index contributed by atoms with van der Waals surface area (Å²) in [6.07, 6.45) is 3.96. The number of nitrogens with one attached hydrogen (secondary N) is 1. The summed E-state index contributed by atoms with van der Waals surface area (Å²) in [7, 11) is 1.74. The molecule has 1 aliphatic carbocycles. The molecule has 1 saturated carbocycles. The molecule has 0 saturated heterocycles. The number of nitrogens with zero attached hydrogens (tertiary/aromatic N) is 2. The van der Waals surface area contributed by atoms with E-state index in [1.165, 1.54) is 0 Å². The Morgan fingerprint density at radius 1 is 1.29 bits per heavy atom. The van der Waals surface area contributed by atoms with Gasteiger partial charge in [-0.15, -0.1) is 11.3 Å². The van der Waals surface area contributed by atoms with E-state index in [1.54, 1.807) is 30.2 Å². The van der Waals surface area contributed by atoms with Crippen molar-refractivity contribution in [2.24, 2.45) is 5.92 Å². The van der Waals surface area contributed by atoms with Crippen molar-refractivity contribution >= 4 is 44.9 Å². The summed E-state index contributed by atoms with van der Waals surface area (Å²) in [6.45, 7) is 3.84. The van der Waals surface area contributed by atoms with E-state index in [1.807, 2.05) is 32.0 Å². The maximum atomic E-state index is 12.6. The van der Waals surface area contributed by atoms with Crippen molar-refractivity contribution in [2.45, 2.75) is 54.9 Å². The van der Waals surface area contributed by atoms with Crippen molar-refractivity contribution in [2.75, 3.05) is 12.4 Å². The topological polar surface area (TPSA) is 77.2 Å². The van der Waals surface area contributed by atoms with E-state index < -0.39 is 0 Å². The molecule has 1 aliphatic rings. The van der Waals surface area contributed by atoms with Crippen LogP contribution in [0.25, 0.3) is 10.2 Å². The zero-order chi connectivity index (χ0) is 19.7. The van der Waals surface area contributed by atoms with Crippen molar-refractivity contribution in [1.82, 2.24) is 10.1 Å². The molecule has 1 aromatic carbocycles. The predicted octanol–water partition coefficient (Wildman–Crippen LogP) is 5.20. The molecule has 6 nitrogen and oxygen atoms in total. The van der Waals surface area contributed by atoms with Gasteiger partial charge in [-0.25, -0.2) is 4.98 Å². The Kier molecular flexibility index (Phi) is 5.70. The second-order valence-electron chi connectivity index (χ2n) is 7.12. The first-order chi connectivity index (χ1) is 13.5. The second-order valence-corrected chi connectivity index (χ2v) is 9.40. The Morgan fingerprint density at radius 3 is 2.75 bits per heavy atom. The average molecular weight is 418 g/mol. The lowest BCUT2D eigenvalue weighted by Gasteiger charge is -2.26. The van der Waals surface area contributed by atoms with Crippen LogP contribution in [0.5, 0.6) is 0 Å². The van der Waals surface area contributed by atoms with Gasteiger partial charge in [0.2, 0.25) is 5.91 Å². The van der Waals surface area contributed by atoms with Crippen LogP contribution in [-0.2, 0) is 9.53 Å². The SMILES string of the molecule is COC1CCC(C(=O)Nc2ccc3nc(Sc4c(C)noc4C)sc3c2)CC1. The number of hydrogen-bond donors (Lipinski definition) is 1. The van der Waals surface area contributed by atoms with Gasteiger partial charge < -0.3 is 14.6 Å². The number of amides is 1. The van der Waals surface area contributed by atoms with Gasteiger partial charge >= 0.3 is 0 Å². The summed E-state index contributed by atoms with van der Waals surface area (Å²) in [4.78, 5) is 18.3. The fourth-order valence-electron chi connectivity index (χ4n) is 3.54. The first kappa shape index (κ1) is 19.4. The fraction of sp³-hybridized carbons (Fsp3) is 0.450. The highest BCUT2D eigenvalue weighted by Crippen LogP contribution is 2.38. The molecule has 1 N–H and O–H groups in total. The van der Waals surface area contributed by atoms with Gasteiger partial charge in [-0.1, -0.05) is 16.9 Å². The van der Waals surface area contributed by atoms with Crippen LogP contribution >= 0.6 is 23.1 Å². The Hall–Kier alpha value is -1.90. The number of aromatic nitrogens is 2. The molecule has 28 heavy (non-hydrogen) atoms. The lowest BCUT2D eigenvalue weighted by Crippen LogP contribution is -2.29. The van der Waals surface area contributed by atoms with Crippen LogP contribution in [0.3, 0.4) is 0 Å². The number of anilines is 1. The van der Waals surface area contributed by atoms with Gasteiger partial charge in [-0.05, 0) is 57.7 Å². The lowest BCUT2D eigenvalue weighted by molar-refractivity contribution is -0.121. The van der Waals surface area contributed by atoms with Crippen LogP contribution < -0.4 is 5.32 Å². The second kappa shape index (κ2) is 8.23. The predicted molar refractivity (Wildman–Crippen MR) is 111 cm³/mol.